The number of sulfone groups is 1. The van der Waals surface area contributed by atoms with Gasteiger partial charge in [0.05, 0.1) is 23.0 Å². The smallest absolute Gasteiger partial charge is 0.266 e. The molecule has 10 heteroatoms. The van der Waals surface area contributed by atoms with Gasteiger partial charge in [0.25, 0.3) is 5.91 Å². The molecule has 1 atom stereocenters. The van der Waals surface area contributed by atoms with Crippen molar-refractivity contribution in [2.45, 2.75) is 38.8 Å². The summed E-state index contributed by atoms with van der Waals surface area (Å²) in [5.41, 5.74) is 0.925. The van der Waals surface area contributed by atoms with Crippen LogP contribution < -0.4 is 0 Å². The lowest BCUT2D eigenvalue weighted by atomic mass is 10.1. The maximum atomic E-state index is 13.1. The number of furan rings is 1. The molecule has 0 N–H and O–H groups in total. The van der Waals surface area contributed by atoms with Crippen molar-refractivity contribution >= 4 is 56.0 Å². The van der Waals surface area contributed by atoms with Crippen molar-refractivity contribution in [1.82, 2.24) is 9.80 Å². The molecule has 2 saturated heterocycles. The van der Waals surface area contributed by atoms with Gasteiger partial charge >= 0.3 is 0 Å². The van der Waals surface area contributed by atoms with Crippen LogP contribution >= 0.6 is 24.0 Å². The van der Waals surface area contributed by atoms with Crippen molar-refractivity contribution in [3.63, 3.8) is 0 Å². The molecule has 7 nitrogen and oxygen atoms in total. The van der Waals surface area contributed by atoms with Gasteiger partial charge in [0, 0.05) is 19.0 Å². The summed E-state index contributed by atoms with van der Waals surface area (Å²) >= 11 is 6.66. The maximum Gasteiger partial charge on any atom is 0.266 e. The Balaban J connectivity index is 1.38. The second-order valence-corrected chi connectivity index (χ2v) is 12.3. The standard InChI is InChI=1S/C24H26N2O5S3/c1-17-9-10-20(31-17)15-26(19-11-13-34(29,30)16-19)22(27)8-5-12-25-23(28)21(33-24(25)32)14-18-6-3-2-4-7-18/h2-4,6-7,9-10,14,19H,5,8,11-13,15-16H2,1H3/b21-14-. The van der Waals surface area contributed by atoms with E-state index in [0.29, 0.717) is 34.4 Å². The van der Waals surface area contributed by atoms with Crippen LogP contribution in [0.4, 0.5) is 0 Å². The molecule has 2 aromatic rings. The average Bonchev–Trinajstić information content (AvgIpc) is 3.45. The van der Waals surface area contributed by atoms with Gasteiger partial charge in [-0.2, -0.15) is 0 Å². The number of nitrogens with zero attached hydrogens (tertiary/aromatic N) is 2. The number of amides is 2. The number of thioether (sulfide) groups is 1. The Labute approximate surface area is 209 Å². The summed E-state index contributed by atoms with van der Waals surface area (Å²) in [6, 6.07) is 12.8. The molecule has 180 valence electrons. The summed E-state index contributed by atoms with van der Waals surface area (Å²) in [5, 5.41) is 0. The van der Waals surface area contributed by atoms with E-state index in [1.807, 2.05) is 49.4 Å². The van der Waals surface area contributed by atoms with Crippen molar-refractivity contribution in [2.75, 3.05) is 18.1 Å². The zero-order valence-electron chi connectivity index (χ0n) is 18.8. The Morgan fingerprint density at radius 3 is 2.68 bits per heavy atom. The maximum absolute atomic E-state index is 13.1. The number of thiocarbonyl (C=S) groups is 1. The fraction of sp³-hybridized carbons (Fsp3) is 0.375. The third-order valence-electron chi connectivity index (χ3n) is 5.84. The SMILES string of the molecule is Cc1ccc(CN(C(=O)CCCN2C(=O)/C(=C/c3ccccc3)SC2=S)C2CCS(=O)(=O)C2)o1. The van der Waals surface area contributed by atoms with Gasteiger partial charge in [-0.05, 0) is 43.5 Å². The van der Waals surface area contributed by atoms with E-state index in [1.54, 1.807) is 11.0 Å². The van der Waals surface area contributed by atoms with Gasteiger partial charge in [0.1, 0.15) is 15.8 Å². The van der Waals surface area contributed by atoms with Crippen LogP contribution in [0.5, 0.6) is 0 Å². The molecule has 0 spiro atoms. The summed E-state index contributed by atoms with van der Waals surface area (Å²) in [5.74, 6) is 1.11. The molecule has 2 amide bonds. The fourth-order valence-corrected chi connectivity index (χ4v) is 7.14. The van der Waals surface area contributed by atoms with Crippen molar-refractivity contribution < 1.29 is 22.4 Å². The highest BCUT2D eigenvalue weighted by molar-refractivity contribution is 8.26. The van der Waals surface area contributed by atoms with Crippen LogP contribution in [-0.2, 0) is 26.0 Å². The predicted molar refractivity (Wildman–Crippen MR) is 137 cm³/mol. The minimum Gasteiger partial charge on any atom is -0.464 e. The Bertz CT molecular complexity index is 1220. The van der Waals surface area contributed by atoms with Gasteiger partial charge in [-0.15, -0.1) is 0 Å². The quantitative estimate of drug-likeness (QED) is 0.388. The Hall–Kier alpha value is -2.43. The highest BCUT2D eigenvalue weighted by atomic mass is 32.2. The molecule has 4 rings (SSSR count). The first-order chi connectivity index (χ1) is 16.2. The number of carbonyl (C=O) groups excluding carboxylic acids is 2. The molecule has 0 bridgehead atoms. The number of carbonyl (C=O) groups is 2. The van der Waals surface area contributed by atoms with E-state index in [-0.39, 0.29) is 42.3 Å². The van der Waals surface area contributed by atoms with E-state index in [4.69, 9.17) is 16.6 Å². The molecule has 1 aromatic carbocycles. The second-order valence-electron chi connectivity index (χ2n) is 8.44. The van der Waals surface area contributed by atoms with Crippen LogP contribution in [0.3, 0.4) is 0 Å². The predicted octanol–water partition coefficient (Wildman–Crippen LogP) is 3.79. The van der Waals surface area contributed by atoms with E-state index in [1.165, 1.54) is 16.7 Å². The van der Waals surface area contributed by atoms with Crippen LogP contribution in [0.2, 0.25) is 0 Å². The van der Waals surface area contributed by atoms with Gasteiger partial charge in [0.2, 0.25) is 5.91 Å². The zero-order valence-corrected chi connectivity index (χ0v) is 21.3. The lowest BCUT2D eigenvalue weighted by molar-refractivity contribution is -0.134. The van der Waals surface area contributed by atoms with Gasteiger partial charge in [0.15, 0.2) is 9.84 Å². The first kappa shape index (κ1) is 24.7. The summed E-state index contributed by atoms with van der Waals surface area (Å²) in [6.07, 6.45) is 2.85. The number of aryl methyl sites for hydroxylation is 1. The van der Waals surface area contributed by atoms with Crippen LogP contribution in [0.1, 0.15) is 36.3 Å². The number of benzene rings is 1. The molecular weight excluding hydrogens is 492 g/mol. The summed E-state index contributed by atoms with van der Waals surface area (Å²) in [4.78, 5) is 29.7. The monoisotopic (exact) mass is 518 g/mol. The molecule has 2 aliphatic rings. The van der Waals surface area contributed by atoms with E-state index in [9.17, 15) is 18.0 Å². The molecule has 2 aliphatic heterocycles. The second kappa shape index (κ2) is 10.5. The Morgan fingerprint density at radius 2 is 2.03 bits per heavy atom. The van der Waals surface area contributed by atoms with Crippen LogP contribution in [0.15, 0.2) is 51.8 Å². The minimum absolute atomic E-state index is 0.0303. The molecule has 0 aliphatic carbocycles. The topological polar surface area (TPSA) is 87.9 Å². The molecule has 0 radical (unpaired) electrons. The fourth-order valence-electron chi connectivity index (χ4n) is 4.11. The minimum atomic E-state index is -3.14. The summed E-state index contributed by atoms with van der Waals surface area (Å²) in [7, 11) is -3.14. The zero-order chi connectivity index (χ0) is 24.3. The van der Waals surface area contributed by atoms with Crippen LogP contribution in [0, 0.1) is 6.92 Å². The van der Waals surface area contributed by atoms with Crippen molar-refractivity contribution in [2.24, 2.45) is 0 Å². The Morgan fingerprint density at radius 1 is 1.26 bits per heavy atom. The van der Waals surface area contributed by atoms with Gasteiger partial charge < -0.3 is 9.32 Å². The summed E-state index contributed by atoms with van der Waals surface area (Å²) in [6.45, 7) is 2.39. The van der Waals surface area contributed by atoms with Crippen molar-refractivity contribution in [3.8, 4) is 0 Å². The van der Waals surface area contributed by atoms with Gasteiger partial charge in [-0.1, -0.05) is 54.3 Å². The molecule has 1 aromatic heterocycles. The Kier molecular flexibility index (Phi) is 7.59. The third-order valence-corrected chi connectivity index (χ3v) is 8.96. The number of hydrogen-bond donors (Lipinski definition) is 0. The highest BCUT2D eigenvalue weighted by Gasteiger charge is 2.36. The van der Waals surface area contributed by atoms with Crippen molar-refractivity contribution in [3.05, 3.63) is 64.5 Å². The number of hydrogen-bond acceptors (Lipinski definition) is 7. The molecule has 3 heterocycles. The summed E-state index contributed by atoms with van der Waals surface area (Å²) < 4.78 is 30.1. The van der Waals surface area contributed by atoms with E-state index >= 15 is 0 Å². The largest absolute Gasteiger partial charge is 0.464 e. The first-order valence-electron chi connectivity index (χ1n) is 11.1. The van der Waals surface area contributed by atoms with E-state index in [2.05, 4.69) is 0 Å². The lowest BCUT2D eigenvalue weighted by Crippen LogP contribution is -2.41. The first-order valence-corrected chi connectivity index (χ1v) is 14.1. The molecular formula is C24H26N2O5S3. The van der Waals surface area contributed by atoms with E-state index < -0.39 is 9.84 Å². The third kappa shape index (κ3) is 5.97. The number of rotatable bonds is 8. The van der Waals surface area contributed by atoms with Crippen molar-refractivity contribution in [1.29, 1.82) is 0 Å². The van der Waals surface area contributed by atoms with Gasteiger partial charge in [-0.25, -0.2) is 8.42 Å². The molecule has 0 saturated carbocycles. The van der Waals surface area contributed by atoms with Crippen LogP contribution in [-0.4, -0.2) is 58.4 Å². The highest BCUT2D eigenvalue weighted by Crippen LogP contribution is 2.33. The molecule has 34 heavy (non-hydrogen) atoms. The normalized spacial score (nSPS) is 20.9. The van der Waals surface area contributed by atoms with Crippen LogP contribution in [0.25, 0.3) is 6.08 Å². The van der Waals surface area contributed by atoms with E-state index in [0.717, 1.165) is 11.3 Å². The molecule has 2 fully saturated rings. The average molecular weight is 519 g/mol. The molecule has 1 unspecified atom stereocenters. The lowest BCUT2D eigenvalue weighted by Gasteiger charge is -2.28. The van der Waals surface area contributed by atoms with Gasteiger partial charge in [-0.3, -0.25) is 14.5 Å².